The molecule has 0 unspecified atom stereocenters. The highest BCUT2D eigenvalue weighted by Gasteiger charge is 2.06. The van der Waals surface area contributed by atoms with Crippen LogP contribution in [0.4, 0.5) is 0 Å². The summed E-state index contributed by atoms with van der Waals surface area (Å²) >= 11 is 0. The predicted octanol–water partition coefficient (Wildman–Crippen LogP) is 6.41. The number of nitrogens with zero attached hydrogens (tertiary/aromatic N) is 2. The van der Waals surface area contributed by atoms with Gasteiger partial charge in [0.25, 0.3) is 0 Å². The number of hydrogen-bond acceptors (Lipinski definition) is 6. The van der Waals surface area contributed by atoms with E-state index in [1.54, 1.807) is 16.7 Å². The van der Waals surface area contributed by atoms with Crippen LogP contribution in [0.1, 0.15) is 91.9 Å². The monoisotopic (exact) mass is 636 g/mol. The van der Waals surface area contributed by atoms with Gasteiger partial charge in [0, 0.05) is 25.4 Å². The van der Waals surface area contributed by atoms with Gasteiger partial charge in [-0.3, -0.25) is 0 Å². The van der Waals surface area contributed by atoms with Gasteiger partial charge in [-0.1, -0.05) is 46.6 Å². The van der Waals surface area contributed by atoms with Crippen molar-refractivity contribution in [3.63, 3.8) is 0 Å². The highest BCUT2D eigenvalue weighted by Crippen LogP contribution is 2.14. The van der Waals surface area contributed by atoms with E-state index in [-0.39, 0.29) is 0 Å². The molecule has 0 saturated heterocycles. The third kappa shape index (κ3) is 54.7. The van der Waals surface area contributed by atoms with Crippen LogP contribution in [0.5, 0.6) is 0 Å². The van der Waals surface area contributed by atoms with Gasteiger partial charge in [0.05, 0.1) is 75.6 Å². The molecule has 0 N–H and O–H groups in total. The summed E-state index contributed by atoms with van der Waals surface area (Å²) in [5.74, 6) is 0. The molecule has 0 radical (unpaired) electrons. The lowest BCUT2D eigenvalue weighted by molar-refractivity contribution is -0.870. The molecule has 0 aromatic rings. The van der Waals surface area contributed by atoms with Crippen molar-refractivity contribution in [1.82, 2.24) is 0 Å². The maximum Gasteiger partial charge on any atom is 0.0916 e. The molecule has 0 fully saturated rings. The molecule has 10 heteroatoms. The maximum absolute atomic E-state index is 9.08. The molecule has 8 nitrogen and oxygen atoms in total. The van der Waals surface area contributed by atoms with Gasteiger partial charge >= 0.3 is 0 Å². The van der Waals surface area contributed by atoms with E-state index in [9.17, 15) is 0 Å². The first-order valence-corrected chi connectivity index (χ1v) is 18.5. The second-order valence-electron chi connectivity index (χ2n) is 13.5. The van der Waals surface area contributed by atoms with Gasteiger partial charge in [0.15, 0.2) is 0 Å². The Morgan fingerprint density at radius 3 is 0.952 bits per heavy atom. The normalized spacial score (nSPS) is 14.1. The zero-order chi connectivity index (χ0) is 33.6. The lowest BCUT2D eigenvalue weighted by Gasteiger charge is -2.23. The van der Waals surface area contributed by atoms with Crippen molar-refractivity contribution < 1.29 is 34.9 Å². The van der Waals surface area contributed by atoms with Gasteiger partial charge in [0.1, 0.15) is 0 Å². The molecule has 0 aliphatic rings. The van der Waals surface area contributed by atoms with Gasteiger partial charge in [-0.25, -0.2) is 16.8 Å². The van der Waals surface area contributed by atoms with Crippen molar-refractivity contribution in [2.24, 2.45) is 0 Å². The van der Waals surface area contributed by atoms with Crippen LogP contribution in [0.3, 0.4) is 0 Å². The van der Waals surface area contributed by atoms with Crippen molar-refractivity contribution >= 4 is 20.2 Å². The first-order chi connectivity index (χ1) is 18.8. The van der Waals surface area contributed by atoms with Gasteiger partial charge < -0.3 is 18.1 Å². The van der Waals surface area contributed by atoms with Crippen LogP contribution < -0.4 is 0 Å². The number of hydrogen-bond donors (Lipinski definition) is 0. The number of quaternary nitrogens is 2. The van der Waals surface area contributed by atoms with E-state index in [4.69, 9.17) is 25.9 Å². The number of rotatable bonds is 17. The Bertz CT molecular complexity index is 1010. The number of allylic oxidation sites excluding steroid dienone is 8. The van der Waals surface area contributed by atoms with E-state index in [0.29, 0.717) is 12.5 Å². The van der Waals surface area contributed by atoms with Crippen LogP contribution >= 0.6 is 0 Å². The molecular weight excluding hydrogens is 572 g/mol. The molecule has 0 aromatic carbocycles. The first-order valence-electron chi connectivity index (χ1n) is 14.8. The van der Waals surface area contributed by atoms with Crippen molar-refractivity contribution in [2.45, 2.75) is 91.9 Å². The van der Waals surface area contributed by atoms with Gasteiger partial charge in [0.2, 0.25) is 0 Å². The van der Waals surface area contributed by atoms with E-state index < -0.39 is 20.2 Å². The SMILES string of the molecule is CC(=CCCC=C(C)CCC[N+](C)(C)C)CCC=C(C)CCC=C(C)CCC[N+](C)(C)C.CS(=O)(=O)[O-].CS(=O)(=O)[O-]. The van der Waals surface area contributed by atoms with Crippen LogP contribution in [-0.2, 0) is 20.2 Å². The Labute approximate surface area is 261 Å². The summed E-state index contributed by atoms with van der Waals surface area (Å²) in [5, 5.41) is 0. The van der Waals surface area contributed by atoms with Crippen LogP contribution in [0.2, 0.25) is 0 Å². The summed E-state index contributed by atoms with van der Waals surface area (Å²) in [5.41, 5.74) is 6.20. The highest BCUT2D eigenvalue weighted by atomic mass is 32.2. The fraction of sp³-hybridized carbons (Fsp3) is 0.750. The van der Waals surface area contributed by atoms with Crippen molar-refractivity contribution in [1.29, 1.82) is 0 Å². The molecule has 0 aliphatic carbocycles. The molecule has 0 aromatic heterocycles. The minimum atomic E-state index is -3.92. The molecular formula is C32H64N2O6S2. The first kappa shape index (κ1) is 45.1. The Hall–Kier alpha value is -1.30. The van der Waals surface area contributed by atoms with Gasteiger partial charge in [-0.05, 0) is 79.1 Å². The fourth-order valence-corrected chi connectivity index (χ4v) is 3.82. The van der Waals surface area contributed by atoms with Crippen LogP contribution in [0, 0.1) is 0 Å². The quantitative estimate of drug-likeness (QED) is 0.0789. The molecule has 250 valence electrons. The Balaban J connectivity index is -0.00000129. The van der Waals surface area contributed by atoms with Crippen LogP contribution in [-0.4, -0.2) is 103 Å². The summed E-state index contributed by atoms with van der Waals surface area (Å²) in [6.07, 6.45) is 23.2. The largest absolute Gasteiger partial charge is 0.748 e. The average molecular weight is 637 g/mol. The molecule has 0 rings (SSSR count). The average Bonchev–Trinajstić information content (AvgIpc) is 2.72. The molecule has 0 saturated carbocycles. The molecule has 0 atom stereocenters. The Morgan fingerprint density at radius 2 is 0.714 bits per heavy atom. The Kier molecular flexibility index (Phi) is 24.9. The Morgan fingerprint density at radius 1 is 0.500 bits per heavy atom. The molecule has 42 heavy (non-hydrogen) atoms. The second kappa shape index (κ2) is 23.1. The second-order valence-corrected chi connectivity index (χ2v) is 16.3. The summed E-state index contributed by atoms with van der Waals surface area (Å²) in [6.45, 7) is 11.7. The van der Waals surface area contributed by atoms with E-state index in [2.05, 4.69) is 94.3 Å². The lowest BCUT2D eigenvalue weighted by Crippen LogP contribution is -2.35. The summed E-state index contributed by atoms with van der Waals surface area (Å²) < 4.78 is 56.6. The predicted molar refractivity (Wildman–Crippen MR) is 178 cm³/mol. The minimum absolute atomic E-state index is 0.604. The minimum Gasteiger partial charge on any atom is -0.748 e. The van der Waals surface area contributed by atoms with E-state index >= 15 is 0 Å². The standard InChI is InChI=1S/C30H58N2.2CH4O3S/c1-27(17-11-12-18-28(2)23-15-25-31(5,6)7)19-13-20-29(3)21-14-22-30(4)24-16-26-32(8,9)10;2*1-5(2,3)4/h17-18,20,22H,11-16,19,21,23-26H2,1-10H3;2*1H3,(H,2,3,4)/q+2;;/p-2. The van der Waals surface area contributed by atoms with Gasteiger partial charge in [-0.2, -0.15) is 0 Å². The topological polar surface area (TPSA) is 114 Å². The van der Waals surface area contributed by atoms with Gasteiger partial charge in [-0.15, -0.1) is 0 Å². The smallest absolute Gasteiger partial charge is 0.0916 e. The molecule has 0 aliphatic heterocycles. The summed E-state index contributed by atoms with van der Waals surface area (Å²) in [4.78, 5) is 0. The molecule has 0 amide bonds. The van der Waals surface area contributed by atoms with Crippen molar-refractivity contribution in [3.05, 3.63) is 46.6 Å². The highest BCUT2D eigenvalue weighted by molar-refractivity contribution is 7.85. The maximum atomic E-state index is 9.08. The molecule has 0 bridgehead atoms. The molecule has 0 heterocycles. The summed E-state index contributed by atoms with van der Waals surface area (Å²) in [7, 11) is 5.82. The lowest BCUT2D eigenvalue weighted by atomic mass is 10.0. The van der Waals surface area contributed by atoms with Crippen LogP contribution in [0.15, 0.2) is 46.6 Å². The number of unbranched alkanes of at least 4 members (excludes halogenated alkanes) is 1. The zero-order valence-corrected chi connectivity index (χ0v) is 30.6. The summed E-state index contributed by atoms with van der Waals surface area (Å²) in [6, 6.07) is 0. The third-order valence-electron chi connectivity index (χ3n) is 6.02. The third-order valence-corrected chi connectivity index (χ3v) is 6.02. The van der Waals surface area contributed by atoms with Crippen molar-refractivity contribution in [3.8, 4) is 0 Å². The van der Waals surface area contributed by atoms with E-state index in [1.807, 2.05) is 0 Å². The van der Waals surface area contributed by atoms with Crippen LogP contribution in [0.25, 0.3) is 0 Å². The van der Waals surface area contributed by atoms with Crippen molar-refractivity contribution in [2.75, 3.05) is 67.9 Å². The fourth-order valence-electron chi connectivity index (χ4n) is 3.82. The molecule has 0 spiro atoms. The van der Waals surface area contributed by atoms with E-state index in [1.165, 1.54) is 82.9 Å². The van der Waals surface area contributed by atoms with E-state index in [0.717, 1.165) is 8.97 Å². The zero-order valence-electron chi connectivity index (χ0n) is 29.0.